The van der Waals surface area contributed by atoms with E-state index in [0.29, 0.717) is 0 Å². The fourth-order valence-corrected chi connectivity index (χ4v) is 2.64. The van der Waals surface area contributed by atoms with Gasteiger partial charge in [-0.3, -0.25) is 0 Å². The van der Waals surface area contributed by atoms with Gasteiger partial charge < -0.3 is 4.74 Å². The lowest BCUT2D eigenvalue weighted by Gasteiger charge is -2.48. The third kappa shape index (κ3) is 5.14. The molecular weight excluding hydrogens is 749 g/mol. The van der Waals surface area contributed by atoms with Gasteiger partial charge in [-0.25, -0.2) is 9.18 Å². The topological polar surface area (TPSA) is 26.3 Å². The monoisotopic (exact) mass is 754 g/mol. The molecule has 0 fully saturated rings. The number of esters is 1. The van der Waals surface area contributed by atoms with Gasteiger partial charge in [0.15, 0.2) is 0 Å². The largest absolute Gasteiger partial charge is 0.460 e. The highest BCUT2D eigenvalue weighted by atomic mass is 19.4. The summed E-state index contributed by atoms with van der Waals surface area (Å²) in [6, 6.07) is 0. The van der Waals surface area contributed by atoms with E-state index < -0.39 is 89.0 Å². The maximum atomic E-state index is 15.0. The van der Waals surface area contributed by atoms with E-state index in [9.17, 15) is 123 Å². The number of hydrogen-bond donors (Lipinski definition) is 0. The minimum atomic E-state index is -9.78. The number of ether oxygens (including phenoxy) is 1. The van der Waals surface area contributed by atoms with Gasteiger partial charge in [-0.2, -0.15) is 114 Å². The molecule has 0 aromatic rings. The summed E-state index contributed by atoms with van der Waals surface area (Å²) in [4.78, 5) is 11.3. The fourth-order valence-electron chi connectivity index (χ4n) is 2.64. The summed E-state index contributed by atoms with van der Waals surface area (Å²) >= 11 is 0. The van der Waals surface area contributed by atoms with E-state index >= 15 is 0 Å². The predicted octanol–water partition coefficient (Wildman–Crippen LogP) is 9.25. The summed E-state index contributed by atoms with van der Waals surface area (Å²) in [7, 11) is 0. The predicted molar refractivity (Wildman–Crippen MR) is 86.3 cm³/mol. The Bertz CT molecular complexity index is 1150. The quantitative estimate of drug-likeness (QED) is 0.120. The van der Waals surface area contributed by atoms with E-state index in [0.717, 1.165) is 0 Å². The van der Waals surface area contributed by atoms with Crippen molar-refractivity contribution >= 4 is 5.97 Å². The first-order chi connectivity index (χ1) is 19.3. The van der Waals surface area contributed by atoms with Gasteiger partial charge in [-0.05, 0) is 6.92 Å². The van der Waals surface area contributed by atoms with Gasteiger partial charge in [-0.15, -0.1) is 0 Å². The second kappa shape index (κ2) is 10.7. The smallest absolute Gasteiger partial charge is 0.413 e. The molecule has 0 N–H and O–H groups in total. The normalized spacial score (nSPS) is 17.5. The molecule has 0 radical (unpaired) electrons. The van der Waals surface area contributed by atoms with Crippen LogP contribution in [0.3, 0.4) is 0 Å². The van der Waals surface area contributed by atoms with Crippen LogP contribution in [-0.2, 0) is 9.53 Å². The Morgan fingerprint density at radius 1 is 0.391 bits per heavy atom. The molecule has 0 bridgehead atoms. The lowest BCUT2D eigenvalue weighted by molar-refractivity contribution is -0.497. The zero-order valence-corrected chi connectivity index (χ0v) is 20.2. The van der Waals surface area contributed by atoms with E-state index in [1.807, 2.05) is 11.3 Å². The van der Waals surface area contributed by atoms with Crippen LogP contribution in [0.25, 0.3) is 0 Å². The Kier molecular flexibility index (Phi) is 10.0. The maximum Gasteiger partial charge on any atom is 0.460 e. The molecule has 0 heterocycles. The Labute approximate surface area is 232 Å². The molecule has 0 aromatic carbocycles. The zero-order valence-electron chi connectivity index (χ0n) is 20.2. The van der Waals surface area contributed by atoms with E-state index in [2.05, 4.69) is 0 Å². The number of carbonyl (C=O) groups excluding carboxylic acids is 1. The Morgan fingerprint density at radius 2 is 0.630 bits per heavy atom. The number of rotatable bonds is 11. The van der Waals surface area contributed by atoms with Gasteiger partial charge in [0.25, 0.3) is 0 Å². The highest BCUT2D eigenvalue weighted by Crippen LogP contribution is 2.69. The summed E-state index contributed by atoms with van der Waals surface area (Å²) in [6.07, 6.45) is -25.7. The van der Waals surface area contributed by atoms with Gasteiger partial charge in [0.2, 0.25) is 0 Å². The van der Waals surface area contributed by atoms with Crippen LogP contribution in [0.2, 0.25) is 0 Å². The average Bonchev–Trinajstić information content (AvgIpc) is 2.79. The van der Waals surface area contributed by atoms with Crippen molar-refractivity contribution in [2.75, 3.05) is 0 Å². The van der Waals surface area contributed by atoms with Crippen molar-refractivity contribution in [1.29, 1.82) is 0 Å². The molecule has 1 atom stereocenters. The third-order valence-corrected chi connectivity index (χ3v) is 5.33. The number of hydrogen-bond acceptors (Lipinski definition) is 2. The molecule has 29 heteroatoms. The van der Waals surface area contributed by atoms with Gasteiger partial charge in [0.1, 0.15) is 0 Å². The molecule has 0 saturated carbocycles. The first-order valence-corrected chi connectivity index (χ1v) is 9.82. The Balaban J connectivity index is 8.23. The molecule has 0 aliphatic rings. The van der Waals surface area contributed by atoms with Crippen LogP contribution in [0.15, 0.2) is 12.2 Å². The molecule has 0 spiro atoms. The lowest BCUT2D eigenvalue weighted by atomic mass is 9.81. The minimum Gasteiger partial charge on any atom is -0.413 e. The highest BCUT2D eigenvalue weighted by molar-refractivity contribution is 5.87. The SMILES string of the molecule is C=C(C)C(=O)OC(F)(C(F)(F)C(F)(F)C(F)(F)C(F)(F)C(F)(F)C(F)(F)C(F)(F)F)C(F)(F)C(F)(F)C(F)(C(F)(F)F)C(F)(F)F. The molecule has 0 aliphatic heterocycles. The van der Waals surface area contributed by atoms with Gasteiger partial charge in [0, 0.05) is 5.57 Å². The van der Waals surface area contributed by atoms with Gasteiger partial charge in [-0.1, -0.05) is 6.58 Å². The summed E-state index contributed by atoms with van der Waals surface area (Å²) in [5.74, 6) is -89.0. The second-order valence-corrected chi connectivity index (χ2v) is 8.51. The van der Waals surface area contributed by atoms with Crippen molar-refractivity contribution < 1.29 is 128 Å². The van der Waals surface area contributed by atoms with Crippen LogP contribution in [0, 0.1) is 0 Å². The standard InChI is InChI=1S/C17H5F27O2/c1-3(2)4(45)46-14(35,11(29,30)6(19,20)5(18,15(36,37)38)16(39,40)41)12(31,32)9(25,26)7(21,22)8(23,24)10(27,28)13(33,34)17(42,43)44/h1H2,2H3. The molecule has 0 aromatic heterocycles. The number of halogens is 27. The molecule has 274 valence electrons. The summed E-state index contributed by atoms with van der Waals surface area (Å²) in [5.41, 5.74) is -11.4. The van der Waals surface area contributed by atoms with Crippen LogP contribution in [0.4, 0.5) is 119 Å². The summed E-state index contributed by atoms with van der Waals surface area (Å²) in [5, 5.41) is 0. The summed E-state index contributed by atoms with van der Waals surface area (Å²) in [6.45, 7) is 1.78. The minimum absolute atomic E-state index is 0.247. The van der Waals surface area contributed by atoms with Crippen molar-refractivity contribution in [3.8, 4) is 0 Å². The third-order valence-electron chi connectivity index (χ3n) is 5.33. The van der Waals surface area contributed by atoms with E-state index in [-0.39, 0.29) is 6.92 Å². The van der Waals surface area contributed by atoms with Crippen molar-refractivity contribution in [3.63, 3.8) is 0 Å². The van der Waals surface area contributed by atoms with Gasteiger partial charge >= 0.3 is 83.4 Å². The molecule has 2 nitrogen and oxygen atoms in total. The number of alkyl halides is 27. The molecule has 0 rings (SSSR count). The molecule has 46 heavy (non-hydrogen) atoms. The Morgan fingerprint density at radius 3 is 0.870 bits per heavy atom. The van der Waals surface area contributed by atoms with Crippen molar-refractivity contribution in [3.05, 3.63) is 12.2 Å². The number of carbonyl (C=O) groups is 1. The molecule has 0 amide bonds. The Hall–Kier alpha value is -2.68. The van der Waals surface area contributed by atoms with E-state index in [1.54, 1.807) is 0 Å². The van der Waals surface area contributed by atoms with Crippen LogP contribution < -0.4 is 0 Å². The molecular formula is C17H5F27O2. The highest BCUT2D eigenvalue weighted by Gasteiger charge is 3.01. The van der Waals surface area contributed by atoms with E-state index in [1.165, 1.54) is 0 Å². The molecule has 0 aliphatic carbocycles. The van der Waals surface area contributed by atoms with Crippen LogP contribution >= 0.6 is 0 Å². The van der Waals surface area contributed by atoms with Crippen LogP contribution in [0.5, 0.6) is 0 Å². The zero-order chi connectivity index (χ0) is 38.4. The first-order valence-electron chi connectivity index (χ1n) is 9.82. The van der Waals surface area contributed by atoms with Crippen molar-refractivity contribution in [1.82, 2.24) is 0 Å². The summed E-state index contributed by atoms with van der Waals surface area (Å²) < 4.78 is 364. The fraction of sp³-hybridized carbons (Fsp3) is 0.824. The lowest BCUT2D eigenvalue weighted by Crippen LogP contribution is -2.81. The van der Waals surface area contributed by atoms with E-state index in [4.69, 9.17) is 0 Å². The van der Waals surface area contributed by atoms with Crippen molar-refractivity contribution in [2.24, 2.45) is 0 Å². The van der Waals surface area contributed by atoms with Crippen LogP contribution in [0.1, 0.15) is 6.92 Å². The first kappa shape index (κ1) is 43.3. The van der Waals surface area contributed by atoms with Crippen LogP contribution in [-0.4, -0.2) is 83.4 Å². The second-order valence-electron chi connectivity index (χ2n) is 8.51. The van der Waals surface area contributed by atoms with Crippen molar-refractivity contribution in [2.45, 2.75) is 84.4 Å². The van der Waals surface area contributed by atoms with Gasteiger partial charge in [0.05, 0.1) is 0 Å². The molecule has 1 unspecified atom stereocenters. The maximum absolute atomic E-state index is 15.0. The molecule has 0 saturated heterocycles. The average molecular weight is 754 g/mol.